The van der Waals surface area contributed by atoms with Gasteiger partial charge in [-0.05, 0) is 22.8 Å². The highest BCUT2D eigenvalue weighted by Crippen LogP contribution is 2.51. The molecule has 18 heavy (non-hydrogen) atoms. The van der Waals surface area contributed by atoms with Crippen LogP contribution in [0.1, 0.15) is 0 Å². The second-order valence-electron chi connectivity index (χ2n) is 4.50. The zero-order chi connectivity index (χ0) is 12.1. The van der Waals surface area contributed by atoms with Crippen LogP contribution in [-0.2, 0) is 0 Å². The van der Waals surface area contributed by atoms with Crippen LogP contribution in [0.3, 0.4) is 0 Å². The molecule has 0 unspecified atom stereocenters. The van der Waals surface area contributed by atoms with E-state index in [9.17, 15) is 0 Å². The van der Waals surface area contributed by atoms with Crippen LogP contribution in [0.4, 0.5) is 5.69 Å². The molecule has 0 spiro atoms. The summed E-state index contributed by atoms with van der Waals surface area (Å²) in [5.41, 5.74) is 9.43. The monoisotopic (exact) mass is 236 g/mol. The van der Waals surface area contributed by atoms with Crippen LogP contribution in [0.15, 0.2) is 47.6 Å². The van der Waals surface area contributed by atoms with Gasteiger partial charge in [-0.2, -0.15) is 5.12 Å². The minimum atomic E-state index is 1.09. The largest absolute Gasteiger partial charge is 0.280 e. The smallest absolute Gasteiger partial charge is 0.129 e. The van der Waals surface area contributed by atoms with Crippen molar-refractivity contribution in [3.63, 3.8) is 0 Å². The van der Waals surface area contributed by atoms with Crippen LogP contribution < -0.4 is 10.7 Å². The van der Waals surface area contributed by atoms with Crippen molar-refractivity contribution in [3.8, 4) is 22.3 Å². The van der Waals surface area contributed by atoms with Gasteiger partial charge in [0.25, 0.3) is 0 Å². The third-order valence-electron chi connectivity index (χ3n) is 3.35. The lowest BCUT2D eigenvalue weighted by atomic mass is 9.80. The number of hydrazine groups is 2. The van der Waals surface area contributed by atoms with E-state index in [4.69, 9.17) is 0 Å². The zero-order valence-electron chi connectivity index (χ0n) is 9.96. The molecule has 1 aliphatic carbocycles. The molecule has 1 heterocycles. The fourth-order valence-electron chi connectivity index (χ4n) is 2.54. The average Bonchev–Trinajstić information content (AvgIpc) is 2.82. The second-order valence-corrected chi connectivity index (χ2v) is 4.50. The number of rotatable bonds is 1. The first-order valence-corrected chi connectivity index (χ1v) is 5.91. The summed E-state index contributed by atoms with van der Waals surface area (Å²) in [6, 6.07) is 14.8. The molecule has 2 aromatic carbocycles. The Bertz CT molecular complexity index is 663. The molecular formula is C14H12N4. The van der Waals surface area contributed by atoms with E-state index in [0.717, 1.165) is 5.69 Å². The minimum absolute atomic E-state index is 1.09. The SMILES string of the molecule is CN1C=NN(c2cccc3c2-c2ccccc2-3)N1. The molecule has 0 radical (unpaired) electrons. The van der Waals surface area contributed by atoms with E-state index in [0.29, 0.717) is 0 Å². The first kappa shape index (κ1) is 9.67. The number of hydrazone groups is 1. The molecule has 2 aliphatic rings. The molecule has 0 saturated heterocycles. The standard InChI is InChI=1S/C14H12N4/c1-17-9-15-18(16-17)13-8-4-7-12-10-5-2-3-6-11(10)14(12)13/h2-9,16H,1H3. The molecule has 0 aromatic heterocycles. The molecule has 4 nitrogen and oxygen atoms in total. The van der Waals surface area contributed by atoms with Gasteiger partial charge in [0.1, 0.15) is 6.34 Å². The second kappa shape index (κ2) is 3.34. The van der Waals surface area contributed by atoms with E-state index in [1.165, 1.54) is 22.3 Å². The van der Waals surface area contributed by atoms with Crippen molar-refractivity contribution in [2.75, 3.05) is 12.2 Å². The summed E-state index contributed by atoms with van der Waals surface area (Å²) >= 11 is 0. The molecule has 4 rings (SSSR count). The van der Waals surface area contributed by atoms with Crippen LogP contribution in [0.5, 0.6) is 0 Å². The Morgan fingerprint density at radius 3 is 2.50 bits per heavy atom. The van der Waals surface area contributed by atoms with Gasteiger partial charge in [-0.1, -0.05) is 36.4 Å². The summed E-state index contributed by atoms with van der Waals surface area (Å²) in [7, 11) is 1.92. The molecule has 1 N–H and O–H groups in total. The van der Waals surface area contributed by atoms with Gasteiger partial charge in [0.2, 0.25) is 0 Å². The number of anilines is 1. The molecule has 0 amide bonds. The lowest BCUT2D eigenvalue weighted by Crippen LogP contribution is -2.38. The van der Waals surface area contributed by atoms with Crippen molar-refractivity contribution in [1.29, 1.82) is 0 Å². The van der Waals surface area contributed by atoms with Crippen molar-refractivity contribution < 1.29 is 0 Å². The maximum absolute atomic E-state index is 4.32. The van der Waals surface area contributed by atoms with E-state index in [-0.39, 0.29) is 0 Å². The van der Waals surface area contributed by atoms with E-state index in [1.54, 1.807) is 11.5 Å². The van der Waals surface area contributed by atoms with E-state index in [1.807, 2.05) is 12.1 Å². The Labute approximate surface area is 105 Å². The Morgan fingerprint density at radius 2 is 1.72 bits per heavy atom. The summed E-state index contributed by atoms with van der Waals surface area (Å²) in [5, 5.41) is 7.94. The molecule has 2 aromatic rings. The first-order chi connectivity index (χ1) is 8.84. The van der Waals surface area contributed by atoms with Crippen LogP contribution in [-0.4, -0.2) is 18.4 Å². The predicted octanol–water partition coefficient (Wildman–Crippen LogP) is 2.45. The van der Waals surface area contributed by atoms with Crippen molar-refractivity contribution in [3.05, 3.63) is 42.5 Å². The summed E-state index contributed by atoms with van der Waals surface area (Å²) < 4.78 is 0. The molecular weight excluding hydrogens is 224 g/mol. The summed E-state index contributed by atoms with van der Waals surface area (Å²) in [5.74, 6) is 0. The highest BCUT2D eigenvalue weighted by molar-refractivity contribution is 6.07. The first-order valence-electron chi connectivity index (χ1n) is 5.91. The highest BCUT2D eigenvalue weighted by atomic mass is 15.9. The molecule has 88 valence electrons. The van der Waals surface area contributed by atoms with Crippen molar-refractivity contribution in [2.24, 2.45) is 5.10 Å². The Hall–Kier alpha value is -2.33. The molecule has 0 bridgehead atoms. The van der Waals surface area contributed by atoms with Crippen LogP contribution in [0.25, 0.3) is 22.3 Å². The van der Waals surface area contributed by atoms with Gasteiger partial charge < -0.3 is 0 Å². The van der Waals surface area contributed by atoms with E-state index in [2.05, 4.69) is 53.1 Å². The van der Waals surface area contributed by atoms with Gasteiger partial charge in [0, 0.05) is 12.6 Å². The predicted molar refractivity (Wildman–Crippen MR) is 72.7 cm³/mol. The number of fused-ring (bicyclic) bond motifs is 4. The number of nitrogens with one attached hydrogen (secondary N) is 1. The third-order valence-corrected chi connectivity index (χ3v) is 3.35. The number of hydrogen-bond acceptors (Lipinski definition) is 4. The summed E-state index contributed by atoms with van der Waals surface area (Å²) in [4.78, 5) is 0. The van der Waals surface area contributed by atoms with Crippen LogP contribution in [0.2, 0.25) is 0 Å². The molecule has 4 heteroatoms. The molecule has 0 saturated carbocycles. The van der Waals surface area contributed by atoms with Crippen molar-refractivity contribution in [2.45, 2.75) is 0 Å². The Balaban J connectivity index is 1.85. The zero-order valence-corrected chi connectivity index (χ0v) is 9.96. The van der Waals surface area contributed by atoms with E-state index >= 15 is 0 Å². The van der Waals surface area contributed by atoms with Gasteiger partial charge in [-0.15, -0.1) is 10.6 Å². The Morgan fingerprint density at radius 1 is 0.944 bits per heavy atom. The lowest BCUT2D eigenvalue weighted by Gasteiger charge is -2.29. The quantitative estimate of drug-likeness (QED) is 0.704. The van der Waals surface area contributed by atoms with Gasteiger partial charge in [-0.25, -0.2) is 0 Å². The highest BCUT2D eigenvalue weighted by Gasteiger charge is 2.27. The molecule has 0 atom stereocenters. The lowest BCUT2D eigenvalue weighted by molar-refractivity contribution is 0.397. The number of hydrogen-bond donors (Lipinski definition) is 1. The third kappa shape index (κ3) is 1.15. The maximum atomic E-state index is 4.32. The summed E-state index contributed by atoms with van der Waals surface area (Å²) in [6.45, 7) is 0. The Kier molecular flexibility index (Phi) is 1.79. The average molecular weight is 236 g/mol. The van der Waals surface area contributed by atoms with Crippen molar-refractivity contribution >= 4 is 12.0 Å². The van der Waals surface area contributed by atoms with Gasteiger partial charge in [0.15, 0.2) is 0 Å². The number of nitrogens with zero attached hydrogens (tertiary/aromatic N) is 3. The topological polar surface area (TPSA) is 30.9 Å². The molecule has 1 aliphatic heterocycles. The van der Waals surface area contributed by atoms with Gasteiger partial charge >= 0.3 is 0 Å². The summed E-state index contributed by atoms with van der Waals surface area (Å²) in [6.07, 6.45) is 1.75. The maximum Gasteiger partial charge on any atom is 0.129 e. The molecule has 0 fully saturated rings. The van der Waals surface area contributed by atoms with Crippen LogP contribution in [0, 0.1) is 0 Å². The fourth-order valence-corrected chi connectivity index (χ4v) is 2.54. The fraction of sp³-hybridized carbons (Fsp3) is 0.0714. The van der Waals surface area contributed by atoms with Gasteiger partial charge in [0.05, 0.1) is 5.69 Å². The van der Waals surface area contributed by atoms with Crippen LogP contribution >= 0.6 is 0 Å². The van der Waals surface area contributed by atoms with Crippen molar-refractivity contribution in [1.82, 2.24) is 10.5 Å². The van der Waals surface area contributed by atoms with Gasteiger partial charge in [-0.3, -0.25) is 5.01 Å². The normalized spacial score (nSPS) is 15.4. The minimum Gasteiger partial charge on any atom is -0.280 e. The van der Waals surface area contributed by atoms with E-state index < -0.39 is 0 Å². The number of benzene rings is 2.